The Bertz CT molecular complexity index is 712. The highest BCUT2D eigenvalue weighted by molar-refractivity contribution is 5.95. The van der Waals surface area contributed by atoms with Crippen molar-refractivity contribution in [3.8, 4) is 5.75 Å². The zero-order chi connectivity index (χ0) is 17.6. The molecule has 1 aromatic carbocycles. The summed E-state index contributed by atoms with van der Waals surface area (Å²) in [5.74, 6) is 1.50. The predicted molar refractivity (Wildman–Crippen MR) is 96.1 cm³/mol. The van der Waals surface area contributed by atoms with E-state index in [-0.39, 0.29) is 11.9 Å². The second-order valence-corrected chi connectivity index (χ2v) is 5.97. The Labute approximate surface area is 147 Å². The van der Waals surface area contributed by atoms with Gasteiger partial charge in [-0.3, -0.25) is 4.79 Å². The monoisotopic (exact) mass is 341 g/mol. The molecule has 0 aliphatic carbocycles. The number of rotatable bonds is 5. The smallest absolute Gasteiger partial charge is 0.251 e. The lowest BCUT2D eigenvalue weighted by Gasteiger charge is -2.28. The summed E-state index contributed by atoms with van der Waals surface area (Å²) in [5, 5.41) is 3.03. The summed E-state index contributed by atoms with van der Waals surface area (Å²) in [7, 11) is 1.63. The molecule has 132 valence electrons. The zero-order valence-corrected chi connectivity index (χ0v) is 14.6. The van der Waals surface area contributed by atoms with E-state index >= 15 is 0 Å². The van der Waals surface area contributed by atoms with Crippen LogP contribution in [0.1, 0.15) is 28.9 Å². The highest BCUT2D eigenvalue weighted by Gasteiger charge is 2.16. The largest absolute Gasteiger partial charge is 0.497 e. The molecule has 1 amide bonds. The Morgan fingerprint density at radius 3 is 2.64 bits per heavy atom. The van der Waals surface area contributed by atoms with E-state index in [0.29, 0.717) is 18.8 Å². The number of amides is 1. The lowest BCUT2D eigenvalue weighted by molar-refractivity contribution is 0.0939. The first kappa shape index (κ1) is 17.2. The zero-order valence-electron chi connectivity index (χ0n) is 14.6. The van der Waals surface area contributed by atoms with Crippen LogP contribution in [0.5, 0.6) is 5.75 Å². The summed E-state index contributed by atoms with van der Waals surface area (Å²) < 4.78 is 10.5. The average molecular weight is 341 g/mol. The SMILES string of the molecule is COc1ccc(C(C)NC(=O)c2ccnc(N3CCOCC3)c2)cc1. The maximum Gasteiger partial charge on any atom is 0.251 e. The van der Waals surface area contributed by atoms with Gasteiger partial charge in [0, 0.05) is 24.8 Å². The van der Waals surface area contributed by atoms with E-state index in [1.165, 1.54) is 0 Å². The van der Waals surface area contributed by atoms with Crippen LogP contribution in [0.3, 0.4) is 0 Å². The standard InChI is InChI=1S/C19H23N3O3/c1-14(15-3-5-17(24-2)6-4-15)21-19(23)16-7-8-20-18(13-16)22-9-11-25-12-10-22/h3-8,13-14H,9-12H2,1-2H3,(H,21,23). The van der Waals surface area contributed by atoms with Crippen molar-refractivity contribution >= 4 is 11.7 Å². The molecule has 2 heterocycles. The minimum Gasteiger partial charge on any atom is -0.497 e. The molecular weight excluding hydrogens is 318 g/mol. The second-order valence-electron chi connectivity index (χ2n) is 5.97. The topological polar surface area (TPSA) is 63.7 Å². The number of hydrogen-bond donors (Lipinski definition) is 1. The van der Waals surface area contributed by atoms with Crippen LogP contribution in [0.2, 0.25) is 0 Å². The van der Waals surface area contributed by atoms with Gasteiger partial charge in [-0.15, -0.1) is 0 Å². The van der Waals surface area contributed by atoms with Crippen molar-refractivity contribution in [3.05, 3.63) is 53.7 Å². The number of benzene rings is 1. The number of hydrogen-bond acceptors (Lipinski definition) is 5. The minimum atomic E-state index is -0.111. The fourth-order valence-electron chi connectivity index (χ4n) is 2.78. The molecule has 6 heteroatoms. The number of ether oxygens (including phenoxy) is 2. The first-order chi connectivity index (χ1) is 12.2. The van der Waals surface area contributed by atoms with Crippen LogP contribution in [0.15, 0.2) is 42.6 Å². The number of pyridine rings is 1. The second kappa shape index (κ2) is 7.98. The summed E-state index contributed by atoms with van der Waals surface area (Å²) in [6, 6.07) is 11.2. The van der Waals surface area contributed by atoms with Gasteiger partial charge in [-0.1, -0.05) is 12.1 Å². The highest BCUT2D eigenvalue weighted by atomic mass is 16.5. The van der Waals surface area contributed by atoms with Crippen molar-refractivity contribution < 1.29 is 14.3 Å². The van der Waals surface area contributed by atoms with Gasteiger partial charge >= 0.3 is 0 Å². The van der Waals surface area contributed by atoms with E-state index < -0.39 is 0 Å². The number of aromatic nitrogens is 1. The molecule has 6 nitrogen and oxygen atoms in total. The van der Waals surface area contributed by atoms with E-state index in [1.807, 2.05) is 37.3 Å². The minimum absolute atomic E-state index is 0.0987. The van der Waals surface area contributed by atoms with Crippen LogP contribution in [0.25, 0.3) is 0 Å². The van der Waals surface area contributed by atoms with Crippen LogP contribution in [0.4, 0.5) is 5.82 Å². The number of nitrogens with one attached hydrogen (secondary N) is 1. The van der Waals surface area contributed by atoms with Crippen LogP contribution in [0, 0.1) is 0 Å². The Kier molecular flexibility index (Phi) is 5.50. The van der Waals surface area contributed by atoms with Crippen molar-refractivity contribution in [1.29, 1.82) is 0 Å². The van der Waals surface area contributed by atoms with Crippen LogP contribution in [-0.4, -0.2) is 44.3 Å². The number of carbonyl (C=O) groups is 1. The normalized spacial score (nSPS) is 15.5. The van der Waals surface area contributed by atoms with Crippen molar-refractivity contribution in [1.82, 2.24) is 10.3 Å². The van der Waals surface area contributed by atoms with Gasteiger partial charge in [0.05, 0.1) is 26.4 Å². The maximum atomic E-state index is 12.6. The molecule has 0 spiro atoms. The van der Waals surface area contributed by atoms with Gasteiger partial charge in [-0.2, -0.15) is 0 Å². The molecule has 0 radical (unpaired) electrons. The van der Waals surface area contributed by atoms with E-state index in [2.05, 4.69) is 15.2 Å². The number of nitrogens with zero attached hydrogens (tertiary/aromatic N) is 2. The van der Waals surface area contributed by atoms with Crippen molar-refractivity contribution in [2.75, 3.05) is 38.3 Å². The number of anilines is 1. The summed E-state index contributed by atoms with van der Waals surface area (Å²) in [4.78, 5) is 19.1. The van der Waals surface area contributed by atoms with Crippen LogP contribution >= 0.6 is 0 Å². The number of morpholine rings is 1. The first-order valence-corrected chi connectivity index (χ1v) is 8.41. The third kappa shape index (κ3) is 4.28. The molecule has 0 bridgehead atoms. The maximum absolute atomic E-state index is 12.6. The van der Waals surface area contributed by atoms with Crippen molar-refractivity contribution in [3.63, 3.8) is 0 Å². The van der Waals surface area contributed by atoms with Crippen molar-refractivity contribution in [2.24, 2.45) is 0 Å². The van der Waals surface area contributed by atoms with Crippen molar-refractivity contribution in [2.45, 2.75) is 13.0 Å². The molecule has 1 aliphatic rings. The van der Waals surface area contributed by atoms with E-state index in [4.69, 9.17) is 9.47 Å². The lowest BCUT2D eigenvalue weighted by Crippen LogP contribution is -2.37. The average Bonchev–Trinajstić information content (AvgIpc) is 2.68. The van der Waals surface area contributed by atoms with Crippen LogP contribution < -0.4 is 15.0 Å². The third-order valence-corrected chi connectivity index (χ3v) is 4.31. The molecule has 3 rings (SSSR count). The van der Waals surface area contributed by atoms with Gasteiger partial charge in [-0.05, 0) is 36.8 Å². The molecule has 1 N–H and O–H groups in total. The quantitative estimate of drug-likeness (QED) is 0.905. The molecule has 1 aromatic heterocycles. The molecule has 1 fully saturated rings. The molecule has 25 heavy (non-hydrogen) atoms. The fraction of sp³-hybridized carbons (Fsp3) is 0.368. The van der Waals surface area contributed by atoms with Gasteiger partial charge in [0.2, 0.25) is 0 Å². The Balaban J connectivity index is 1.67. The third-order valence-electron chi connectivity index (χ3n) is 4.31. The van der Waals surface area contributed by atoms with E-state index in [0.717, 1.165) is 30.2 Å². The highest BCUT2D eigenvalue weighted by Crippen LogP contribution is 2.19. The molecule has 1 aliphatic heterocycles. The van der Waals surface area contributed by atoms with Gasteiger partial charge in [0.15, 0.2) is 0 Å². The molecule has 0 saturated carbocycles. The van der Waals surface area contributed by atoms with Gasteiger partial charge in [0.25, 0.3) is 5.91 Å². The first-order valence-electron chi connectivity index (χ1n) is 8.41. The van der Waals surface area contributed by atoms with Gasteiger partial charge < -0.3 is 19.7 Å². The van der Waals surface area contributed by atoms with Gasteiger partial charge in [-0.25, -0.2) is 4.98 Å². The summed E-state index contributed by atoms with van der Waals surface area (Å²) in [6.45, 7) is 4.92. The molecule has 2 aromatic rings. The molecular formula is C19H23N3O3. The molecule has 1 atom stereocenters. The fourth-order valence-corrected chi connectivity index (χ4v) is 2.78. The van der Waals surface area contributed by atoms with E-state index in [9.17, 15) is 4.79 Å². The van der Waals surface area contributed by atoms with E-state index in [1.54, 1.807) is 19.4 Å². The number of methoxy groups -OCH3 is 1. The van der Waals surface area contributed by atoms with Crippen LogP contribution in [-0.2, 0) is 4.74 Å². The summed E-state index contributed by atoms with van der Waals surface area (Å²) in [6.07, 6.45) is 1.68. The lowest BCUT2D eigenvalue weighted by atomic mass is 10.1. The summed E-state index contributed by atoms with van der Waals surface area (Å²) >= 11 is 0. The Hall–Kier alpha value is -2.60. The molecule has 1 saturated heterocycles. The Morgan fingerprint density at radius 2 is 1.96 bits per heavy atom. The van der Waals surface area contributed by atoms with Gasteiger partial charge in [0.1, 0.15) is 11.6 Å². The summed E-state index contributed by atoms with van der Waals surface area (Å²) in [5.41, 5.74) is 1.63. The predicted octanol–water partition coefficient (Wildman–Crippen LogP) is 2.42. The number of carbonyl (C=O) groups excluding carboxylic acids is 1. The molecule has 1 unspecified atom stereocenters. The Morgan fingerprint density at radius 1 is 1.24 bits per heavy atom.